The number of rotatable bonds is 3. The fourth-order valence-corrected chi connectivity index (χ4v) is 3.80. The maximum absolute atomic E-state index is 10.9. The maximum Gasteiger partial charge on any atom is 0.335 e. The van der Waals surface area contributed by atoms with E-state index in [1.807, 2.05) is 23.5 Å². The second-order valence-corrected chi connectivity index (χ2v) is 6.76. The largest absolute Gasteiger partial charge is 0.478 e. The summed E-state index contributed by atoms with van der Waals surface area (Å²) in [6.45, 7) is 3.16. The van der Waals surface area contributed by atoms with Gasteiger partial charge in [-0.1, -0.05) is 12.1 Å². The number of benzene rings is 1. The van der Waals surface area contributed by atoms with E-state index < -0.39 is 5.97 Å². The molecule has 110 valence electrons. The highest BCUT2D eigenvalue weighted by Gasteiger charge is 2.24. The molecule has 0 amide bonds. The molecule has 0 radical (unpaired) electrons. The molecule has 0 aliphatic carbocycles. The SMILES string of the molecule is Cc1cc(C2CCN[C@H](c3ccc(C(=O)O)cc3)C2)cs1. The Bertz CT molecular complexity index is 632. The summed E-state index contributed by atoms with van der Waals surface area (Å²) in [6.07, 6.45) is 2.24. The van der Waals surface area contributed by atoms with Crippen molar-refractivity contribution >= 4 is 17.3 Å². The zero-order valence-electron chi connectivity index (χ0n) is 12.0. The molecule has 1 aliphatic heterocycles. The Morgan fingerprint density at radius 3 is 2.67 bits per heavy atom. The number of nitrogens with one attached hydrogen (secondary N) is 1. The minimum Gasteiger partial charge on any atom is -0.478 e. The molecule has 2 N–H and O–H groups in total. The third-order valence-electron chi connectivity index (χ3n) is 4.19. The van der Waals surface area contributed by atoms with Crippen molar-refractivity contribution in [1.82, 2.24) is 5.32 Å². The van der Waals surface area contributed by atoms with Crippen LogP contribution in [0.5, 0.6) is 0 Å². The van der Waals surface area contributed by atoms with Gasteiger partial charge in [-0.25, -0.2) is 4.79 Å². The zero-order chi connectivity index (χ0) is 14.8. The summed E-state index contributed by atoms with van der Waals surface area (Å²) in [4.78, 5) is 12.3. The van der Waals surface area contributed by atoms with E-state index in [2.05, 4.69) is 23.7 Å². The van der Waals surface area contributed by atoms with E-state index in [1.165, 1.54) is 22.4 Å². The van der Waals surface area contributed by atoms with Crippen molar-refractivity contribution < 1.29 is 9.90 Å². The molecular formula is C17H19NO2S. The third kappa shape index (κ3) is 3.17. The van der Waals surface area contributed by atoms with Crippen molar-refractivity contribution in [3.05, 3.63) is 57.3 Å². The van der Waals surface area contributed by atoms with E-state index in [0.717, 1.165) is 13.0 Å². The first-order valence-corrected chi connectivity index (χ1v) is 8.13. The number of aromatic carboxylic acids is 1. The smallest absolute Gasteiger partial charge is 0.335 e. The molecule has 1 fully saturated rings. The van der Waals surface area contributed by atoms with E-state index >= 15 is 0 Å². The molecule has 2 atom stereocenters. The summed E-state index contributed by atoms with van der Waals surface area (Å²) >= 11 is 1.81. The first kappa shape index (κ1) is 14.3. The second-order valence-electron chi connectivity index (χ2n) is 5.65. The molecule has 1 aromatic heterocycles. The summed E-state index contributed by atoms with van der Waals surface area (Å²) in [5.41, 5.74) is 2.97. The van der Waals surface area contributed by atoms with Gasteiger partial charge in [-0.15, -0.1) is 11.3 Å². The number of aryl methyl sites for hydroxylation is 1. The highest BCUT2D eigenvalue weighted by atomic mass is 32.1. The average molecular weight is 301 g/mol. The number of carboxylic acid groups (broad SMARTS) is 1. The molecule has 3 nitrogen and oxygen atoms in total. The second kappa shape index (κ2) is 6.00. The van der Waals surface area contributed by atoms with E-state index in [9.17, 15) is 4.79 Å². The maximum atomic E-state index is 10.9. The molecule has 0 saturated carbocycles. The standard InChI is InChI=1S/C17H19NO2S/c1-11-8-15(10-21-11)14-6-7-18-16(9-14)12-2-4-13(5-3-12)17(19)20/h2-5,8,10,14,16,18H,6-7,9H2,1H3,(H,19,20)/t14?,16-/m0/s1. The highest BCUT2D eigenvalue weighted by Crippen LogP contribution is 2.35. The van der Waals surface area contributed by atoms with E-state index in [1.54, 1.807) is 12.1 Å². The molecule has 4 heteroatoms. The molecule has 2 aromatic rings. The van der Waals surface area contributed by atoms with Gasteiger partial charge in [-0.2, -0.15) is 0 Å². The lowest BCUT2D eigenvalue weighted by Crippen LogP contribution is -2.30. The molecular weight excluding hydrogens is 282 g/mol. The van der Waals surface area contributed by atoms with Crippen LogP contribution in [-0.2, 0) is 0 Å². The van der Waals surface area contributed by atoms with Crippen LogP contribution in [-0.4, -0.2) is 17.6 Å². The van der Waals surface area contributed by atoms with Gasteiger partial charge in [-0.3, -0.25) is 0 Å². The van der Waals surface area contributed by atoms with Crippen LogP contribution in [0.2, 0.25) is 0 Å². The highest BCUT2D eigenvalue weighted by molar-refractivity contribution is 7.10. The molecule has 3 rings (SSSR count). The van der Waals surface area contributed by atoms with Gasteiger partial charge in [-0.05, 0) is 66.9 Å². The number of piperidine rings is 1. The van der Waals surface area contributed by atoms with Crippen LogP contribution in [0.1, 0.15) is 51.2 Å². The van der Waals surface area contributed by atoms with Crippen LogP contribution in [0.15, 0.2) is 35.7 Å². The Hall–Kier alpha value is -1.65. The fourth-order valence-electron chi connectivity index (χ4n) is 3.01. The third-order valence-corrected chi connectivity index (χ3v) is 5.07. The predicted octanol–water partition coefficient (Wildman–Crippen LogP) is 3.96. The Kier molecular flexibility index (Phi) is 4.08. The summed E-state index contributed by atoms with van der Waals surface area (Å²) in [5.74, 6) is -0.273. The lowest BCUT2D eigenvalue weighted by atomic mass is 9.85. The lowest BCUT2D eigenvalue weighted by Gasteiger charge is -2.30. The van der Waals surface area contributed by atoms with Crippen molar-refractivity contribution in [1.29, 1.82) is 0 Å². The minimum absolute atomic E-state index is 0.312. The van der Waals surface area contributed by atoms with E-state index in [-0.39, 0.29) is 0 Å². The summed E-state index contributed by atoms with van der Waals surface area (Å²) < 4.78 is 0. The number of hydrogen-bond donors (Lipinski definition) is 2. The Morgan fingerprint density at radius 1 is 1.29 bits per heavy atom. The quantitative estimate of drug-likeness (QED) is 0.902. The van der Waals surface area contributed by atoms with Gasteiger partial charge in [0.25, 0.3) is 0 Å². The lowest BCUT2D eigenvalue weighted by molar-refractivity contribution is 0.0697. The van der Waals surface area contributed by atoms with Crippen LogP contribution in [0.4, 0.5) is 0 Å². The van der Waals surface area contributed by atoms with E-state index in [0.29, 0.717) is 17.5 Å². The van der Waals surface area contributed by atoms with Crippen LogP contribution >= 0.6 is 11.3 Å². The number of carbonyl (C=O) groups is 1. The first-order valence-electron chi connectivity index (χ1n) is 7.25. The van der Waals surface area contributed by atoms with Gasteiger partial charge in [0, 0.05) is 10.9 Å². The predicted molar refractivity (Wildman–Crippen MR) is 85.2 cm³/mol. The van der Waals surface area contributed by atoms with Crippen LogP contribution < -0.4 is 5.32 Å². The summed E-state index contributed by atoms with van der Waals surface area (Å²) in [6, 6.07) is 9.86. The molecule has 0 spiro atoms. The van der Waals surface area contributed by atoms with Gasteiger partial charge < -0.3 is 10.4 Å². The number of hydrogen-bond acceptors (Lipinski definition) is 3. The van der Waals surface area contributed by atoms with Gasteiger partial charge in [0.2, 0.25) is 0 Å². The van der Waals surface area contributed by atoms with Gasteiger partial charge in [0.1, 0.15) is 0 Å². The first-order chi connectivity index (χ1) is 10.1. The molecule has 1 aromatic carbocycles. The molecule has 2 heterocycles. The Morgan fingerprint density at radius 2 is 2.05 bits per heavy atom. The fraction of sp³-hybridized carbons (Fsp3) is 0.353. The molecule has 0 bridgehead atoms. The van der Waals surface area contributed by atoms with Crippen molar-refractivity contribution in [2.75, 3.05) is 6.54 Å². The van der Waals surface area contributed by atoms with Gasteiger partial charge in [0.05, 0.1) is 5.56 Å². The van der Waals surface area contributed by atoms with Crippen molar-refractivity contribution in [2.24, 2.45) is 0 Å². The minimum atomic E-state index is -0.871. The van der Waals surface area contributed by atoms with Crippen molar-refractivity contribution in [2.45, 2.75) is 31.7 Å². The van der Waals surface area contributed by atoms with Crippen LogP contribution in [0.25, 0.3) is 0 Å². The Labute approximate surface area is 128 Å². The van der Waals surface area contributed by atoms with Crippen molar-refractivity contribution in [3.8, 4) is 0 Å². The topological polar surface area (TPSA) is 49.3 Å². The number of thiophene rings is 1. The normalized spacial score (nSPS) is 22.1. The van der Waals surface area contributed by atoms with Crippen LogP contribution in [0.3, 0.4) is 0 Å². The van der Waals surface area contributed by atoms with Gasteiger partial charge in [0.15, 0.2) is 0 Å². The molecule has 1 aliphatic rings. The summed E-state index contributed by atoms with van der Waals surface area (Å²) in [5, 5.41) is 14.8. The molecule has 1 saturated heterocycles. The van der Waals surface area contributed by atoms with E-state index in [4.69, 9.17) is 5.11 Å². The average Bonchev–Trinajstić information content (AvgIpc) is 2.94. The van der Waals surface area contributed by atoms with Crippen molar-refractivity contribution in [3.63, 3.8) is 0 Å². The zero-order valence-corrected chi connectivity index (χ0v) is 12.8. The molecule has 21 heavy (non-hydrogen) atoms. The monoisotopic (exact) mass is 301 g/mol. The van der Waals surface area contributed by atoms with Gasteiger partial charge >= 0.3 is 5.97 Å². The number of carboxylic acids is 1. The summed E-state index contributed by atoms with van der Waals surface area (Å²) in [7, 11) is 0. The van der Waals surface area contributed by atoms with Crippen LogP contribution in [0, 0.1) is 6.92 Å². The Balaban J connectivity index is 1.75. The molecule has 1 unspecified atom stereocenters.